The van der Waals surface area contributed by atoms with Crippen molar-refractivity contribution in [1.29, 1.82) is 0 Å². The van der Waals surface area contributed by atoms with E-state index in [1.165, 1.54) is 5.56 Å². The molecule has 1 aromatic carbocycles. The van der Waals surface area contributed by atoms with Crippen LogP contribution in [0.5, 0.6) is 0 Å². The molecule has 1 rings (SSSR count). The second-order valence-electron chi connectivity index (χ2n) is 4.57. The van der Waals surface area contributed by atoms with E-state index in [1.807, 2.05) is 45.9 Å². The third kappa shape index (κ3) is 3.86. The van der Waals surface area contributed by atoms with Crippen LogP contribution in [0.15, 0.2) is 18.2 Å². The van der Waals surface area contributed by atoms with E-state index in [1.54, 1.807) is 0 Å². The van der Waals surface area contributed by atoms with E-state index in [0.717, 1.165) is 11.1 Å². The van der Waals surface area contributed by atoms with Gasteiger partial charge in [0.05, 0.1) is 6.10 Å². The summed E-state index contributed by atoms with van der Waals surface area (Å²) in [6.45, 7) is 7.73. The Morgan fingerprint density at radius 1 is 1.35 bits per heavy atom. The smallest absolute Gasteiger partial charge is 0.333 e. The average molecular weight is 236 g/mol. The van der Waals surface area contributed by atoms with Crippen LogP contribution in [0.2, 0.25) is 0 Å². The Bertz CT molecular complexity index is 396. The predicted octanol–water partition coefficient (Wildman–Crippen LogP) is 2.72. The zero-order valence-corrected chi connectivity index (χ0v) is 10.9. The van der Waals surface area contributed by atoms with E-state index >= 15 is 0 Å². The van der Waals surface area contributed by atoms with Gasteiger partial charge in [0, 0.05) is 6.42 Å². The lowest BCUT2D eigenvalue weighted by Gasteiger charge is -2.18. The highest BCUT2D eigenvalue weighted by Gasteiger charge is 2.20. The van der Waals surface area contributed by atoms with E-state index in [0.29, 0.717) is 6.42 Å². The van der Waals surface area contributed by atoms with Crippen molar-refractivity contribution in [3.63, 3.8) is 0 Å². The molecule has 0 radical (unpaired) electrons. The summed E-state index contributed by atoms with van der Waals surface area (Å²) in [6.07, 6.45) is -0.433. The van der Waals surface area contributed by atoms with Crippen molar-refractivity contribution in [2.45, 2.75) is 46.3 Å². The van der Waals surface area contributed by atoms with Gasteiger partial charge in [0.25, 0.3) is 0 Å². The van der Waals surface area contributed by atoms with Crippen LogP contribution in [0.3, 0.4) is 0 Å². The molecule has 0 aromatic heterocycles. The van der Waals surface area contributed by atoms with Crippen LogP contribution < -0.4 is 0 Å². The standard InChI is InChI=1S/C14H20O3/c1-9(2)17-13(14(15)16)8-12-7-5-6-10(3)11(12)4/h5-7,9,13H,8H2,1-4H3,(H,15,16). The number of aliphatic carboxylic acids is 1. The maximum Gasteiger partial charge on any atom is 0.333 e. The number of carboxylic acids is 1. The van der Waals surface area contributed by atoms with Crippen molar-refractivity contribution in [3.05, 3.63) is 34.9 Å². The number of hydrogen-bond donors (Lipinski definition) is 1. The van der Waals surface area contributed by atoms with Crippen molar-refractivity contribution in [2.24, 2.45) is 0 Å². The van der Waals surface area contributed by atoms with E-state index in [4.69, 9.17) is 9.84 Å². The zero-order chi connectivity index (χ0) is 13.0. The van der Waals surface area contributed by atoms with Crippen molar-refractivity contribution in [1.82, 2.24) is 0 Å². The Morgan fingerprint density at radius 2 is 2.00 bits per heavy atom. The molecule has 0 saturated heterocycles. The van der Waals surface area contributed by atoms with Crippen LogP contribution in [0.1, 0.15) is 30.5 Å². The van der Waals surface area contributed by atoms with E-state index < -0.39 is 12.1 Å². The SMILES string of the molecule is Cc1cccc(CC(OC(C)C)C(=O)O)c1C. The highest BCUT2D eigenvalue weighted by atomic mass is 16.5. The van der Waals surface area contributed by atoms with Gasteiger partial charge in [0.2, 0.25) is 0 Å². The molecule has 1 N–H and O–H groups in total. The maximum absolute atomic E-state index is 11.1. The molecule has 17 heavy (non-hydrogen) atoms. The maximum atomic E-state index is 11.1. The molecule has 94 valence electrons. The Morgan fingerprint density at radius 3 is 2.53 bits per heavy atom. The quantitative estimate of drug-likeness (QED) is 0.855. The molecule has 0 aliphatic heterocycles. The normalized spacial score (nSPS) is 12.8. The first-order chi connectivity index (χ1) is 7.91. The molecular formula is C14H20O3. The fourth-order valence-corrected chi connectivity index (χ4v) is 1.75. The third-order valence-electron chi connectivity index (χ3n) is 2.83. The minimum atomic E-state index is -0.903. The summed E-state index contributed by atoms with van der Waals surface area (Å²) >= 11 is 0. The van der Waals surface area contributed by atoms with Gasteiger partial charge in [-0.15, -0.1) is 0 Å². The van der Waals surface area contributed by atoms with Crippen LogP contribution in [0.4, 0.5) is 0 Å². The molecule has 0 spiro atoms. The minimum Gasteiger partial charge on any atom is -0.479 e. The molecule has 0 fully saturated rings. The largest absolute Gasteiger partial charge is 0.479 e. The van der Waals surface area contributed by atoms with Gasteiger partial charge in [-0.2, -0.15) is 0 Å². The van der Waals surface area contributed by atoms with Crippen LogP contribution in [-0.4, -0.2) is 23.3 Å². The first kappa shape index (κ1) is 13.7. The highest BCUT2D eigenvalue weighted by molar-refractivity contribution is 5.72. The van der Waals surface area contributed by atoms with Crippen LogP contribution in [-0.2, 0) is 16.0 Å². The fourth-order valence-electron chi connectivity index (χ4n) is 1.75. The molecule has 0 bridgehead atoms. The second-order valence-corrected chi connectivity index (χ2v) is 4.57. The van der Waals surface area contributed by atoms with Gasteiger partial charge in [-0.1, -0.05) is 18.2 Å². The van der Waals surface area contributed by atoms with Gasteiger partial charge in [0.15, 0.2) is 6.10 Å². The van der Waals surface area contributed by atoms with Gasteiger partial charge >= 0.3 is 5.97 Å². The van der Waals surface area contributed by atoms with Gasteiger partial charge in [0.1, 0.15) is 0 Å². The second kappa shape index (κ2) is 5.82. The number of carboxylic acid groups (broad SMARTS) is 1. The molecule has 0 aliphatic rings. The van der Waals surface area contributed by atoms with Crippen LogP contribution in [0, 0.1) is 13.8 Å². The van der Waals surface area contributed by atoms with E-state index in [9.17, 15) is 4.79 Å². The zero-order valence-electron chi connectivity index (χ0n) is 10.9. The summed E-state index contributed by atoms with van der Waals surface area (Å²) in [5.74, 6) is -0.903. The number of rotatable bonds is 5. The lowest BCUT2D eigenvalue weighted by Crippen LogP contribution is -2.29. The first-order valence-corrected chi connectivity index (χ1v) is 5.85. The van der Waals surface area contributed by atoms with Gasteiger partial charge in [-0.05, 0) is 44.4 Å². The Labute approximate surface area is 102 Å². The number of carbonyl (C=O) groups is 1. The summed E-state index contributed by atoms with van der Waals surface area (Å²) in [6, 6.07) is 5.94. The summed E-state index contributed by atoms with van der Waals surface area (Å²) in [7, 11) is 0. The molecule has 1 atom stereocenters. The Balaban J connectivity index is 2.86. The topological polar surface area (TPSA) is 46.5 Å². The average Bonchev–Trinajstić information content (AvgIpc) is 2.22. The molecular weight excluding hydrogens is 216 g/mol. The summed E-state index contributed by atoms with van der Waals surface area (Å²) < 4.78 is 5.41. The highest BCUT2D eigenvalue weighted by Crippen LogP contribution is 2.16. The summed E-state index contributed by atoms with van der Waals surface area (Å²) in [5.41, 5.74) is 3.36. The van der Waals surface area contributed by atoms with Gasteiger partial charge in [-0.25, -0.2) is 4.79 Å². The minimum absolute atomic E-state index is 0.0822. The Kier molecular flexibility index (Phi) is 4.70. The third-order valence-corrected chi connectivity index (χ3v) is 2.83. The van der Waals surface area contributed by atoms with Crippen molar-refractivity contribution in [3.8, 4) is 0 Å². The predicted molar refractivity (Wildman–Crippen MR) is 67.3 cm³/mol. The lowest BCUT2D eigenvalue weighted by atomic mass is 9.98. The molecule has 0 amide bonds. The number of benzene rings is 1. The van der Waals surface area contributed by atoms with Crippen LogP contribution >= 0.6 is 0 Å². The fraction of sp³-hybridized carbons (Fsp3) is 0.500. The number of hydrogen-bond acceptors (Lipinski definition) is 2. The molecule has 1 aromatic rings. The molecule has 0 aliphatic carbocycles. The number of ether oxygens (including phenoxy) is 1. The molecule has 3 heteroatoms. The summed E-state index contributed by atoms with van der Waals surface area (Å²) in [5, 5.41) is 9.12. The number of aryl methyl sites for hydroxylation is 1. The lowest BCUT2D eigenvalue weighted by molar-refractivity contribution is -0.153. The van der Waals surface area contributed by atoms with Crippen LogP contribution in [0.25, 0.3) is 0 Å². The monoisotopic (exact) mass is 236 g/mol. The van der Waals surface area contributed by atoms with Gasteiger partial charge in [-0.3, -0.25) is 0 Å². The van der Waals surface area contributed by atoms with E-state index in [2.05, 4.69) is 0 Å². The first-order valence-electron chi connectivity index (χ1n) is 5.85. The molecule has 1 unspecified atom stereocenters. The molecule has 0 saturated carbocycles. The summed E-state index contributed by atoms with van der Waals surface area (Å²) in [4.78, 5) is 11.1. The van der Waals surface area contributed by atoms with E-state index in [-0.39, 0.29) is 6.10 Å². The molecule has 3 nitrogen and oxygen atoms in total. The van der Waals surface area contributed by atoms with Gasteiger partial charge < -0.3 is 9.84 Å². The van der Waals surface area contributed by atoms with Crippen molar-refractivity contribution >= 4 is 5.97 Å². The van der Waals surface area contributed by atoms with Crippen molar-refractivity contribution in [2.75, 3.05) is 0 Å². The Hall–Kier alpha value is -1.35. The van der Waals surface area contributed by atoms with Crippen molar-refractivity contribution < 1.29 is 14.6 Å². The molecule has 0 heterocycles.